The van der Waals surface area contributed by atoms with Crippen LogP contribution in [0.5, 0.6) is 0 Å². The van der Waals surface area contributed by atoms with Gasteiger partial charge in [0.25, 0.3) is 0 Å². The zero-order chi connectivity index (χ0) is 18.9. The van der Waals surface area contributed by atoms with Gasteiger partial charge in [0.2, 0.25) is 5.91 Å². The fraction of sp³-hybridized carbons (Fsp3) is 0.174. The van der Waals surface area contributed by atoms with Gasteiger partial charge < -0.3 is 15.5 Å². The molecule has 3 aromatic carbocycles. The molecule has 138 valence electrons. The molecule has 2 N–H and O–H groups in total. The minimum absolute atomic E-state index is 0.0284. The van der Waals surface area contributed by atoms with E-state index in [1.54, 1.807) is 0 Å². The summed E-state index contributed by atoms with van der Waals surface area (Å²) in [5.74, 6) is -0.0284. The van der Waals surface area contributed by atoms with Crippen molar-refractivity contribution in [3.63, 3.8) is 0 Å². The number of anilines is 2. The zero-order valence-electron chi connectivity index (χ0n) is 15.6. The molecule has 0 aliphatic heterocycles. The maximum absolute atomic E-state index is 12.2. The number of carbonyl (C=O) groups excluding carboxylic acids is 1. The predicted octanol–water partition coefficient (Wildman–Crippen LogP) is 4.05. The second-order valence-corrected chi connectivity index (χ2v) is 6.47. The van der Waals surface area contributed by atoms with Crippen LogP contribution in [0.1, 0.15) is 11.1 Å². The molecule has 0 aliphatic rings. The van der Waals surface area contributed by atoms with Crippen LogP contribution in [0.4, 0.5) is 11.4 Å². The number of para-hydroxylation sites is 2. The van der Waals surface area contributed by atoms with Crippen LogP contribution >= 0.6 is 0 Å². The number of nitrogens with zero attached hydrogens (tertiary/aromatic N) is 1. The topological polar surface area (TPSA) is 44.4 Å². The number of benzene rings is 3. The molecule has 0 unspecified atom stereocenters. The smallest absolute Gasteiger partial charge is 0.239 e. The molecule has 0 aromatic heterocycles. The van der Waals surface area contributed by atoms with Gasteiger partial charge in [-0.05, 0) is 23.3 Å². The van der Waals surface area contributed by atoms with Crippen LogP contribution in [-0.2, 0) is 17.9 Å². The Hall–Kier alpha value is -3.27. The first-order chi connectivity index (χ1) is 13.2. The van der Waals surface area contributed by atoms with Crippen molar-refractivity contribution in [2.24, 2.45) is 0 Å². The molecule has 27 heavy (non-hydrogen) atoms. The molecule has 3 aromatic rings. The van der Waals surface area contributed by atoms with Gasteiger partial charge in [-0.1, -0.05) is 72.8 Å². The fourth-order valence-corrected chi connectivity index (χ4v) is 2.93. The summed E-state index contributed by atoms with van der Waals surface area (Å²) in [4.78, 5) is 14.4. The highest BCUT2D eigenvalue weighted by atomic mass is 16.1. The first-order valence-corrected chi connectivity index (χ1v) is 9.11. The highest BCUT2D eigenvalue weighted by Crippen LogP contribution is 2.25. The molecule has 4 nitrogen and oxygen atoms in total. The fourth-order valence-electron chi connectivity index (χ4n) is 2.93. The Balaban J connectivity index is 1.56. The van der Waals surface area contributed by atoms with E-state index in [9.17, 15) is 4.79 Å². The van der Waals surface area contributed by atoms with Crippen LogP contribution in [0.3, 0.4) is 0 Å². The molecule has 0 saturated heterocycles. The van der Waals surface area contributed by atoms with E-state index in [1.807, 2.05) is 66.7 Å². The van der Waals surface area contributed by atoms with Gasteiger partial charge in [-0.25, -0.2) is 0 Å². The van der Waals surface area contributed by atoms with Crippen molar-refractivity contribution >= 4 is 17.3 Å². The van der Waals surface area contributed by atoms with Crippen molar-refractivity contribution in [1.82, 2.24) is 5.32 Å². The Bertz CT molecular complexity index is 850. The molecule has 0 heterocycles. The van der Waals surface area contributed by atoms with Gasteiger partial charge in [0.15, 0.2) is 0 Å². The third-order valence-electron chi connectivity index (χ3n) is 4.35. The third kappa shape index (κ3) is 5.61. The van der Waals surface area contributed by atoms with E-state index >= 15 is 0 Å². The van der Waals surface area contributed by atoms with Gasteiger partial charge in [0.05, 0.1) is 17.9 Å². The van der Waals surface area contributed by atoms with Crippen molar-refractivity contribution in [1.29, 1.82) is 0 Å². The lowest BCUT2D eigenvalue weighted by Gasteiger charge is -2.23. The Morgan fingerprint density at radius 2 is 1.41 bits per heavy atom. The summed E-state index contributed by atoms with van der Waals surface area (Å²) in [5, 5.41) is 6.20. The lowest BCUT2D eigenvalue weighted by molar-refractivity contribution is -0.119. The minimum Gasteiger partial charge on any atom is -0.374 e. The SMILES string of the molecule is CN(Cc1ccccc1)c1ccccc1NCC(=O)NCc1ccccc1. The van der Waals surface area contributed by atoms with Crippen LogP contribution in [0, 0.1) is 0 Å². The summed E-state index contributed by atoms with van der Waals surface area (Å²) in [6, 6.07) is 28.3. The van der Waals surface area contributed by atoms with E-state index in [0.29, 0.717) is 6.54 Å². The molecular formula is C23H25N3O. The van der Waals surface area contributed by atoms with E-state index in [2.05, 4.69) is 40.8 Å². The lowest BCUT2D eigenvalue weighted by atomic mass is 10.2. The monoisotopic (exact) mass is 359 g/mol. The standard InChI is InChI=1S/C23H25N3O/c1-26(18-20-12-6-3-7-13-20)22-15-9-8-14-21(22)24-17-23(27)25-16-19-10-4-2-5-11-19/h2-15,24H,16-18H2,1H3,(H,25,27). The molecule has 0 saturated carbocycles. The first kappa shape index (κ1) is 18.5. The highest BCUT2D eigenvalue weighted by molar-refractivity contribution is 5.82. The summed E-state index contributed by atoms with van der Waals surface area (Å²) < 4.78 is 0. The normalized spacial score (nSPS) is 10.3. The number of carbonyl (C=O) groups is 1. The van der Waals surface area contributed by atoms with Gasteiger partial charge in [-0.3, -0.25) is 4.79 Å². The van der Waals surface area contributed by atoms with Crippen molar-refractivity contribution < 1.29 is 4.79 Å². The summed E-state index contributed by atoms with van der Waals surface area (Å²) in [6.45, 7) is 1.58. The van der Waals surface area contributed by atoms with Crippen LogP contribution < -0.4 is 15.5 Å². The molecule has 0 aliphatic carbocycles. The summed E-state index contributed by atoms with van der Waals surface area (Å²) >= 11 is 0. The van der Waals surface area contributed by atoms with E-state index < -0.39 is 0 Å². The largest absolute Gasteiger partial charge is 0.374 e. The van der Waals surface area contributed by atoms with E-state index in [0.717, 1.165) is 23.5 Å². The van der Waals surface area contributed by atoms with Crippen LogP contribution in [-0.4, -0.2) is 19.5 Å². The van der Waals surface area contributed by atoms with Crippen LogP contribution in [0.15, 0.2) is 84.9 Å². The van der Waals surface area contributed by atoms with E-state index in [-0.39, 0.29) is 12.5 Å². The average molecular weight is 359 g/mol. The second-order valence-electron chi connectivity index (χ2n) is 6.47. The number of amides is 1. The van der Waals surface area contributed by atoms with Crippen molar-refractivity contribution in [3.8, 4) is 0 Å². The summed E-state index contributed by atoms with van der Waals surface area (Å²) in [6.07, 6.45) is 0. The highest BCUT2D eigenvalue weighted by Gasteiger charge is 2.09. The van der Waals surface area contributed by atoms with E-state index in [1.165, 1.54) is 5.56 Å². The minimum atomic E-state index is -0.0284. The molecule has 0 spiro atoms. The van der Waals surface area contributed by atoms with Crippen LogP contribution in [0.25, 0.3) is 0 Å². The Labute approximate surface area is 160 Å². The number of hydrogen-bond acceptors (Lipinski definition) is 3. The van der Waals surface area contributed by atoms with Gasteiger partial charge in [0.1, 0.15) is 0 Å². The summed E-state index contributed by atoms with van der Waals surface area (Å²) in [7, 11) is 2.06. The zero-order valence-corrected chi connectivity index (χ0v) is 15.6. The number of hydrogen-bond donors (Lipinski definition) is 2. The Morgan fingerprint density at radius 3 is 2.11 bits per heavy atom. The maximum Gasteiger partial charge on any atom is 0.239 e. The van der Waals surface area contributed by atoms with Crippen molar-refractivity contribution in [2.75, 3.05) is 23.8 Å². The Morgan fingerprint density at radius 1 is 0.815 bits per heavy atom. The predicted molar refractivity (Wildman–Crippen MR) is 112 cm³/mol. The molecule has 4 heteroatoms. The number of rotatable bonds is 8. The van der Waals surface area contributed by atoms with Crippen molar-refractivity contribution in [3.05, 3.63) is 96.1 Å². The van der Waals surface area contributed by atoms with Crippen molar-refractivity contribution in [2.45, 2.75) is 13.1 Å². The Kier molecular flexibility index (Phi) is 6.47. The molecule has 0 fully saturated rings. The molecule has 0 bridgehead atoms. The quantitative estimate of drug-likeness (QED) is 0.638. The summed E-state index contributed by atoms with van der Waals surface area (Å²) in [5.41, 5.74) is 4.35. The molecule has 0 atom stereocenters. The first-order valence-electron chi connectivity index (χ1n) is 9.11. The van der Waals surface area contributed by atoms with Gasteiger partial charge in [-0.15, -0.1) is 0 Å². The van der Waals surface area contributed by atoms with Gasteiger partial charge >= 0.3 is 0 Å². The molecule has 3 rings (SSSR count). The molecule has 0 radical (unpaired) electrons. The lowest BCUT2D eigenvalue weighted by Crippen LogP contribution is -2.29. The number of nitrogens with one attached hydrogen (secondary N) is 2. The van der Waals surface area contributed by atoms with Gasteiger partial charge in [-0.2, -0.15) is 0 Å². The third-order valence-corrected chi connectivity index (χ3v) is 4.35. The van der Waals surface area contributed by atoms with Gasteiger partial charge in [0, 0.05) is 20.1 Å². The van der Waals surface area contributed by atoms with E-state index in [4.69, 9.17) is 0 Å². The second kappa shape index (κ2) is 9.43. The average Bonchev–Trinajstić information content (AvgIpc) is 2.72. The van der Waals surface area contributed by atoms with Crippen LogP contribution in [0.2, 0.25) is 0 Å². The molecule has 1 amide bonds. The molecular weight excluding hydrogens is 334 g/mol. The maximum atomic E-state index is 12.2.